The molecule has 1 unspecified atom stereocenters. The zero-order chi connectivity index (χ0) is 9.03. The topological polar surface area (TPSA) is 52.6 Å². The molecule has 0 saturated heterocycles. The van der Waals surface area contributed by atoms with Gasteiger partial charge in [0.15, 0.2) is 11.9 Å². The largest absolute Gasteiger partial charge is 0.484 e. The first-order valence-electron chi connectivity index (χ1n) is 3.61. The third-order valence-corrected chi connectivity index (χ3v) is 1.60. The molecular formula is C8H10O4. The number of hydrogen-bond acceptors (Lipinski definition) is 4. The van der Waals surface area contributed by atoms with E-state index in [0.717, 1.165) is 0 Å². The fourth-order valence-electron chi connectivity index (χ4n) is 0.906. The van der Waals surface area contributed by atoms with E-state index >= 15 is 0 Å². The van der Waals surface area contributed by atoms with Gasteiger partial charge in [0.25, 0.3) is 0 Å². The third-order valence-electron chi connectivity index (χ3n) is 1.60. The Balaban J connectivity index is 2.46. The molecule has 0 aromatic heterocycles. The maximum atomic E-state index is 10.6. The highest BCUT2D eigenvalue weighted by atomic mass is 16.6. The SMILES string of the molecule is CC(=O)OCC1(C=O)CC=CO1. The fraction of sp³-hybridized carbons (Fsp3) is 0.500. The van der Waals surface area contributed by atoms with Crippen molar-refractivity contribution in [3.63, 3.8) is 0 Å². The highest BCUT2D eigenvalue weighted by Crippen LogP contribution is 2.21. The Morgan fingerprint density at radius 2 is 2.58 bits per heavy atom. The van der Waals surface area contributed by atoms with E-state index in [2.05, 4.69) is 4.74 Å². The number of carbonyl (C=O) groups is 2. The van der Waals surface area contributed by atoms with Crippen LogP contribution in [0.3, 0.4) is 0 Å². The Morgan fingerprint density at radius 1 is 1.83 bits per heavy atom. The quantitative estimate of drug-likeness (QED) is 0.455. The molecule has 0 N–H and O–H groups in total. The summed E-state index contributed by atoms with van der Waals surface area (Å²) in [5.41, 5.74) is -0.967. The minimum atomic E-state index is -0.967. The molecule has 0 aliphatic carbocycles. The van der Waals surface area contributed by atoms with E-state index in [0.29, 0.717) is 12.7 Å². The summed E-state index contributed by atoms with van der Waals surface area (Å²) < 4.78 is 9.70. The van der Waals surface area contributed by atoms with Crippen molar-refractivity contribution in [3.8, 4) is 0 Å². The molecule has 4 heteroatoms. The molecule has 1 rings (SSSR count). The molecule has 0 fully saturated rings. The molecule has 1 aliphatic rings. The van der Waals surface area contributed by atoms with Crippen molar-refractivity contribution in [1.29, 1.82) is 0 Å². The van der Waals surface area contributed by atoms with Gasteiger partial charge >= 0.3 is 5.97 Å². The Kier molecular flexibility index (Phi) is 2.47. The lowest BCUT2D eigenvalue weighted by atomic mass is 10.1. The van der Waals surface area contributed by atoms with Gasteiger partial charge in [-0.05, 0) is 6.08 Å². The van der Waals surface area contributed by atoms with Crippen molar-refractivity contribution in [2.24, 2.45) is 0 Å². The van der Waals surface area contributed by atoms with Gasteiger partial charge in [0, 0.05) is 13.3 Å². The van der Waals surface area contributed by atoms with Crippen LogP contribution < -0.4 is 0 Å². The number of esters is 1. The van der Waals surface area contributed by atoms with E-state index in [4.69, 9.17) is 4.74 Å². The second kappa shape index (κ2) is 3.38. The van der Waals surface area contributed by atoms with Crippen LogP contribution in [0, 0.1) is 0 Å². The lowest BCUT2D eigenvalue weighted by Crippen LogP contribution is -2.36. The smallest absolute Gasteiger partial charge is 0.302 e. The molecule has 4 nitrogen and oxygen atoms in total. The van der Waals surface area contributed by atoms with Crippen molar-refractivity contribution in [3.05, 3.63) is 12.3 Å². The van der Waals surface area contributed by atoms with Crippen LogP contribution in [-0.2, 0) is 19.1 Å². The van der Waals surface area contributed by atoms with Gasteiger partial charge in [-0.15, -0.1) is 0 Å². The average molecular weight is 170 g/mol. The van der Waals surface area contributed by atoms with Crippen LogP contribution in [0.4, 0.5) is 0 Å². The van der Waals surface area contributed by atoms with Crippen LogP contribution in [-0.4, -0.2) is 24.5 Å². The summed E-state index contributed by atoms with van der Waals surface area (Å²) in [4.78, 5) is 21.0. The number of hydrogen-bond donors (Lipinski definition) is 0. The van der Waals surface area contributed by atoms with Crippen LogP contribution in [0.25, 0.3) is 0 Å². The molecule has 0 saturated carbocycles. The number of ether oxygens (including phenoxy) is 2. The predicted octanol–water partition coefficient (Wildman–Crippen LogP) is 0.421. The zero-order valence-corrected chi connectivity index (χ0v) is 6.78. The van der Waals surface area contributed by atoms with E-state index in [1.165, 1.54) is 13.2 Å². The van der Waals surface area contributed by atoms with Gasteiger partial charge in [0.05, 0.1) is 6.26 Å². The molecule has 12 heavy (non-hydrogen) atoms. The summed E-state index contributed by atoms with van der Waals surface area (Å²) in [6.07, 6.45) is 4.29. The van der Waals surface area contributed by atoms with Crippen LogP contribution in [0.1, 0.15) is 13.3 Å². The van der Waals surface area contributed by atoms with E-state index in [1.54, 1.807) is 6.08 Å². The first-order valence-corrected chi connectivity index (χ1v) is 3.61. The monoisotopic (exact) mass is 170 g/mol. The van der Waals surface area contributed by atoms with Crippen LogP contribution in [0.15, 0.2) is 12.3 Å². The van der Waals surface area contributed by atoms with Gasteiger partial charge < -0.3 is 9.47 Å². The Bertz CT molecular complexity index is 211. The van der Waals surface area contributed by atoms with Crippen molar-refractivity contribution in [2.45, 2.75) is 18.9 Å². The second-order valence-electron chi connectivity index (χ2n) is 2.66. The normalized spacial score (nSPS) is 26.4. The Morgan fingerprint density at radius 3 is 3.00 bits per heavy atom. The summed E-state index contributed by atoms with van der Waals surface area (Å²) in [6.45, 7) is 1.28. The lowest BCUT2D eigenvalue weighted by molar-refractivity contribution is -0.150. The maximum absolute atomic E-state index is 10.6. The molecule has 0 radical (unpaired) electrons. The minimum Gasteiger partial charge on any atom is -0.484 e. The number of rotatable bonds is 3. The molecule has 1 aliphatic heterocycles. The molecule has 66 valence electrons. The lowest BCUT2D eigenvalue weighted by Gasteiger charge is -2.20. The first-order chi connectivity index (χ1) is 5.68. The third kappa shape index (κ3) is 1.84. The molecule has 1 atom stereocenters. The van der Waals surface area contributed by atoms with Crippen LogP contribution in [0.5, 0.6) is 0 Å². The molecule has 0 aromatic rings. The average Bonchev–Trinajstić information content (AvgIpc) is 2.50. The summed E-state index contributed by atoms with van der Waals surface area (Å²) in [5, 5.41) is 0. The van der Waals surface area contributed by atoms with Gasteiger partial charge in [0.2, 0.25) is 0 Å². The van der Waals surface area contributed by atoms with Crippen LogP contribution >= 0.6 is 0 Å². The van der Waals surface area contributed by atoms with Crippen molar-refractivity contribution < 1.29 is 19.1 Å². The fourth-order valence-corrected chi connectivity index (χ4v) is 0.906. The van der Waals surface area contributed by atoms with Crippen LogP contribution in [0.2, 0.25) is 0 Å². The van der Waals surface area contributed by atoms with Gasteiger partial charge in [-0.1, -0.05) is 0 Å². The van der Waals surface area contributed by atoms with Gasteiger partial charge in [-0.2, -0.15) is 0 Å². The highest BCUT2D eigenvalue weighted by molar-refractivity contribution is 5.68. The molecular weight excluding hydrogens is 160 g/mol. The zero-order valence-electron chi connectivity index (χ0n) is 6.78. The van der Waals surface area contributed by atoms with Crippen molar-refractivity contribution in [1.82, 2.24) is 0 Å². The summed E-state index contributed by atoms with van der Waals surface area (Å²) in [6, 6.07) is 0. The molecule has 0 bridgehead atoms. The molecule has 0 amide bonds. The predicted molar refractivity (Wildman–Crippen MR) is 40.3 cm³/mol. The van der Waals surface area contributed by atoms with E-state index in [1.807, 2.05) is 0 Å². The molecule has 0 spiro atoms. The molecule has 1 heterocycles. The Labute approximate surface area is 70.1 Å². The van der Waals surface area contributed by atoms with E-state index in [9.17, 15) is 9.59 Å². The Hall–Kier alpha value is -1.32. The van der Waals surface area contributed by atoms with E-state index in [-0.39, 0.29) is 6.61 Å². The number of aldehydes is 1. The standard InChI is InChI=1S/C8H10O4/c1-7(10)11-6-8(5-9)3-2-4-12-8/h2,4-5H,3,6H2,1H3. The van der Waals surface area contributed by atoms with E-state index < -0.39 is 11.6 Å². The van der Waals surface area contributed by atoms with Gasteiger partial charge in [0.1, 0.15) is 6.61 Å². The molecule has 0 aromatic carbocycles. The number of carbonyl (C=O) groups excluding carboxylic acids is 2. The first kappa shape index (κ1) is 8.77. The van der Waals surface area contributed by atoms with Gasteiger partial charge in [-0.3, -0.25) is 9.59 Å². The summed E-state index contributed by atoms with van der Waals surface area (Å²) in [7, 11) is 0. The maximum Gasteiger partial charge on any atom is 0.302 e. The minimum absolute atomic E-state index is 0.0150. The van der Waals surface area contributed by atoms with Crippen molar-refractivity contribution >= 4 is 12.3 Å². The second-order valence-corrected chi connectivity index (χ2v) is 2.66. The highest BCUT2D eigenvalue weighted by Gasteiger charge is 2.34. The van der Waals surface area contributed by atoms with Crippen molar-refractivity contribution in [2.75, 3.05) is 6.61 Å². The summed E-state index contributed by atoms with van der Waals surface area (Å²) >= 11 is 0. The summed E-state index contributed by atoms with van der Waals surface area (Å²) in [5.74, 6) is -0.410. The van der Waals surface area contributed by atoms with Gasteiger partial charge in [-0.25, -0.2) is 0 Å².